The molecule has 0 spiro atoms. The van der Waals surface area contributed by atoms with Crippen molar-refractivity contribution in [2.24, 2.45) is 5.73 Å². The van der Waals surface area contributed by atoms with Gasteiger partial charge >= 0.3 is 0 Å². The summed E-state index contributed by atoms with van der Waals surface area (Å²) in [5.74, 6) is -0.540. The minimum atomic E-state index is -0.408. The van der Waals surface area contributed by atoms with Gasteiger partial charge in [0.05, 0.1) is 12.7 Å². The Kier molecular flexibility index (Phi) is 5.85. The molecule has 0 aliphatic heterocycles. The summed E-state index contributed by atoms with van der Waals surface area (Å²) in [7, 11) is 1.77. The quantitative estimate of drug-likeness (QED) is 0.629. The van der Waals surface area contributed by atoms with Crippen LogP contribution in [-0.4, -0.2) is 37.7 Å². The van der Waals surface area contributed by atoms with Crippen molar-refractivity contribution in [1.29, 1.82) is 0 Å². The Morgan fingerprint density at radius 2 is 2.05 bits per heavy atom. The lowest BCUT2D eigenvalue weighted by Gasteiger charge is -2.18. The van der Waals surface area contributed by atoms with E-state index in [-0.39, 0.29) is 18.5 Å². The number of benzene rings is 1. The number of hydrogen-bond acceptors (Lipinski definition) is 3. The van der Waals surface area contributed by atoms with Crippen molar-refractivity contribution in [1.82, 2.24) is 0 Å². The Morgan fingerprint density at radius 1 is 1.42 bits per heavy atom. The highest BCUT2D eigenvalue weighted by Gasteiger charge is 2.21. The second-order valence-corrected chi connectivity index (χ2v) is 5.24. The van der Waals surface area contributed by atoms with Crippen LogP contribution in [0.15, 0.2) is 29.2 Å². The first-order chi connectivity index (χ1) is 8.95. The highest BCUT2D eigenvalue weighted by Crippen LogP contribution is 2.24. The highest BCUT2D eigenvalue weighted by molar-refractivity contribution is 7.98. The van der Waals surface area contributed by atoms with Crippen LogP contribution in [0.2, 0.25) is 0 Å². The van der Waals surface area contributed by atoms with Crippen molar-refractivity contribution in [3.63, 3.8) is 0 Å². The van der Waals surface area contributed by atoms with E-state index in [1.807, 2.05) is 30.5 Å². The first-order valence-corrected chi connectivity index (χ1v) is 7.22. The number of primary amides is 1. The highest BCUT2D eigenvalue weighted by atomic mass is 32.2. The third-order valence-corrected chi connectivity index (χ3v) is 3.78. The Morgan fingerprint density at radius 3 is 2.63 bits per heavy atom. The molecule has 0 saturated heterocycles. The molecule has 2 amide bonds. The Bertz CT molecular complexity index is 465. The topological polar surface area (TPSA) is 76.6 Å². The van der Waals surface area contributed by atoms with Gasteiger partial charge in [-0.15, -0.1) is 11.8 Å². The van der Waals surface area contributed by atoms with Crippen molar-refractivity contribution >= 4 is 29.3 Å². The van der Waals surface area contributed by atoms with Crippen molar-refractivity contribution < 1.29 is 14.5 Å². The molecule has 1 aromatic rings. The molecule has 0 bridgehead atoms. The lowest BCUT2D eigenvalue weighted by Crippen LogP contribution is -3.15. The van der Waals surface area contributed by atoms with Crippen LogP contribution in [0, 0.1) is 0 Å². The normalized spacial score (nSPS) is 13.6. The first-order valence-electron chi connectivity index (χ1n) is 6.00. The minimum absolute atomic E-state index is 0.132. The molecule has 1 aromatic carbocycles. The van der Waals surface area contributed by atoms with E-state index in [1.54, 1.807) is 25.7 Å². The molecule has 0 fully saturated rings. The van der Waals surface area contributed by atoms with Gasteiger partial charge in [-0.1, -0.05) is 12.1 Å². The van der Waals surface area contributed by atoms with Crippen molar-refractivity contribution in [2.75, 3.05) is 25.2 Å². The zero-order chi connectivity index (χ0) is 14.4. The van der Waals surface area contributed by atoms with Crippen LogP contribution < -0.4 is 16.0 Å². The van der Waals surface area contributed by atoms with Crippen LogP contribution >= 0.6 is 11.8 Å². The number of likely N-dealkylation sites (N-methyl/N-ethyl adjacent to an activating group) is 1. The third kappa shape index (κ3) is 4.57. The Hall–Kier alpha value is -1.53. The maximum absolute atomic E-state index is 11.9. The predicted molar refractivity (Wildman–Crippen MR) is 77.3 cm³/mol. The number of hydrogen-bond donors (Lipinski definition) is 3. The summed E-state index contributed by atoms with van der Waals surface area (Å²) in [4.78, 5) is 24.8. The van der Waals surface area contributed by atoms with Crippen molar-refractivity contribution in [2.45, 2.75) is 17.9 Å². The fourth-order valence-electron chi connectivity index (χ4n) is 1.59. The predicted octanol–water partition coefficient (Wildman–Crippen LogP) is -0.264. The fraction of sp³-hybridized carbons (Fsp3) is 0.385. The van der Waals surface area contributed by atoms with E-state index in [2.05, 4.69) is 5.32 Å². The monoisotopic (exact) mass is 282 g/mol. The molecule has 1 unspecified atom stereocenters. The molecule has 0 radical (unpaired) electrons. The molecule has 104 valence electrons. The smallest absolute Gasteiger partial charge is 0.279 e. The summed E-state index contributed by atoms with van der Waals surface area (Å²) < 4.78 is 0. The minimum Gasteiger partial charge on any atom is -0.365 e. The number of thioether (sulfide) groups is 1. The third-order valence-electron chi connectivity index (χ3n) is 2.99. The number of amides is 2. The van der Waals surface area contributed by atoms with Crippen LogP contribution in [0.5, 0.6) is 0 Å². The number of nitrogens with one attached hydrogen (secondary N) is 2. The standard InChI is InChI=1S/C13H19N3O2S/c1-9(13(14)18)16(2)8-12(17)15-10-6-4-5-7-11(10)19-3/h4-7,9H,8H2,1-3H3,(H2,14,18)(H,15,17)/p+1/t9-/m1/s1. The number of para-hydroxylation sites is 1. The van der Waals surface area contributed by atoms with Crippen LogP contribution in [-0.2, 0) is 9.59 Å². The second kappa shape index (κ2) is 7.16. The van der Waals surface area contributed by atoms with E-state index < -0.39 is 5.91 Å². The van der Waals surface area contributed by atoms with E-state index in [9.17, 15) is 9.59 Å². The van der Waals surface area contributed by atoms with Gasteiger partial charge < -0.3 is 16.0 Å². The van der Waals surface area contributed by atoms with E-state index in [0.29, 0.717) is 0 Å². The zero-order valence-corrected chi connectivity index (χ0v) is 12.2. The van der Waals surface area contributed by atoms with Gasteiger partial charge in [0.1, 0.15) is 0 Å². The summed E-state index contributed by atoms with van der Waals surface area (Å²) >= 11 is 1.57. The molecular weight excluding hydrogens is 262 g/mol. The first kappa shape index (κ1) is 15.5. The number of nitrogens with two attached hydrogens (primary N) is 1. The van der Waals surface area contributed by atoms with Gasteiger partial charge in [0.25, 0.3) is 11.8 Å². The van der Waals surface area contributed by atoms with Gasteiger partial charge in [-0.25, -0.2) is 0 Å². The average molecular weight is 282 g/mol. The molecule has 2 atom stereocenters. The summed E-state index contributed by atoms with van der Waals surface area (Å²) in [5.41, 5.74) is 6.01. The van der Waals surface area contributed by atoms with Gasteiger partial charge in [0, 0.05) is 4.90 Å². The summed E-state index contributed by atoms with van der Waals surface area (Å²) in [6.07, 6.45) is 1.96. The maximum atomic E-state index is 11.9. The SMILES string of the molecule is CSc1ccccc1NC(=O)C[NH+](C)[C@H](C)C(N)=O. The van der Waals surface area contributed by atoms with Crippen LogP contribution in [0.4, 0.5) is 5.69 Å². The zero-order valence-electron chi connectivity index (χ0n) is 11.4. The van der Waals surface area contributed by atoms with Gasteiger partial charge in [-0.2, -0.15) is 0 Å². The molecule has 4 N–H and O–H groups in total. The average Bonchev–Trinajstić information content (AvgIpc) is 2.38. The number of rotatable bonds is 6. The lowest BCUT2D eigenvalue weighted by molar-refractivity contribution is -0.885. The van der Waals surface area contributed by atoms with E-state index in [0.717, 1.165) is 15.5 Å². The summed E-state index contributed by atoms with van der Waals surface area (Å²) in [6.45, 7) is 1.91. The van der Waals surface area contributed by atoms with Gasteiger partial charge in [0.2, 0.25) is 0 Å². The molecule has 0 heterocycles. The molecule has 0 aromatic heterocycles. The van der Waals surface area contributed by atoms with Crippen LogP contribution in [0.1, 0.15) is 6.92 Å². The molecule has 6 heteroatoms. The molecule has 1 rings (SSSR count). The van der Waals surface area contributed by atoms with E-state index in [1.165, 1.54) is 0 Å². The summed E-state index contributed by atoms with van der Waals surface area (Å²) in [6, 6.07) is 7.22. The number of quaternary nitrogens is 1. The Balaban J connectivity index is 2.63. The van der Waals surface area contributed by atoms with Crippen molar-refractivity contribution in [3.8, 4) is 0 Å². The second-order valence-electron chi connectivity index (χ2n) is 4.40. The maximum Gasteiger partial charge on any atom is 0.279 e. The molecule has 19 heavy (non-hydrogen) atoms. The van der Waals surface area contributed by atoms with Crippen LogP contribution in [0.3, 0.4) is 0 Å². The molecule has 0 saturated carbocycles. The molecule has 5 nitrogen and oxygen atoms in total. The van der Waals surface area contributed by atoms with Gasteiger partial charge in [0.15, 0.2) is 12.6 Å². The molecule has 0 aliphatic carbocycles. The summed E-state index contributed by atoms with van der Waals surface area (Å²) in [5, 5.41) is 2.85. The number of anilines is 1. The number of carbonyl (C=O) groups is 2. The fourth-order valence-corrected chi connectivity index (χ4v) is 2.15. The van der Waals surface area contributed by atoms with Crippen LogP contribution in [0.25, 0.3) is 0 Å². The Labute approximate surface area is 117 Å². The molecular formula is C13H20N3O2S+. The van der Waals surface area contributed by atoms with E-state index in [4.69, 9.17) is 5.73 Å². The molecule has 0 aliphatic rings. The largest absolute Gasteiger partial charge is 0.365 e. The van der Waals surface area contributed by atoms with Gasteiger partial charge in [-0.05, 0) is 25.3 Å². The lowest BCUT2D eigenvalue weighted by atomic mass is 10.2. The van der Waals surface area contributed by atoms with E-state index >= 15 is 0 Å². The van der Waals surface area contributed by atoms with Crippen molar-refractivity contribution in [3.05, 3.63) is 24.3 Å². The van der Waals surface area contributed by atoms with Gasteiger partial charge in [-0.3, -0.25) is 9.59 Å². The number of carbonyl (C=O) groups excluding carboxylic acids is 2.